The Hall–Kier alpha value is -0.0400. The Morgan fingerprint density at radius 2 is 1.87 bits per heavy atom. The normalized spacial score (nSPS) is 30.0. The summed E-state index contributed by atoms with van der Waals surface area (Å²) < 4.78 is 0. The molecule has 1 saturated heterocycles. The highest BCUT2D eigenvalue weighted by atomic mass is 127. The fraction of sp³-hybridized carbons (Fsp3) is 0.944. The van der Waals surface area contributed by atoms with Gasteiger partial charge in [0, 0.05) is 26.2 Å². The van der Waals surface area contributed by atoms with Crippen molar-refractivity contribution in [1.29, 1.82) is 0 Å². The van der Waals surface area contributed by atoms with Crippen LogP contribution in [0.5, 0.6) is 0 Å². The first kappa shape index (κ1) is 21.0. The van der Waals surface area contributed by atoms with Crippen molar-refractivity contribution in [3.63, 3.8) is 0 Å². The van der Waals surface area contributed by atoms with Crippen LogP contribution in [0.4, 0.5) is 0 Å². The van der Waals surface area contributed by atoms with Crippen LogP contribution in [0.15, 0.2) is 4.99 Å². The third-order valence-electron chi connectivity index (χ3n) is 5.56. The number of nitrogens with one attached hydrogen (secondary N) is 2. The quantitative estimate of drug-likeness (QED) is 0.404. The molecule has 0 bridgehead atoms. The standard InChI is InChI=1S/C18H36N4.HI/c1-14(2)16-7-9-17(10-8-16)21-18(19-3)20-12-15-6-5-11-22(4)13-15;/h14-17H,5-13H2,1-4H3,(H2,19,20,21);1H. The summed E-state index contributed by atoms with van der Waals surface area (Å²) in [7, 11) is 4.12. The van der Waals surface area contributed by atoms with Crippen molar-refractivity contribution >= 4 is 29.9 Å². The molecule has 2 fully saturated rings. The van der Waals surface area contributed by atoms with Crippen molar-refractivity contribution in [2.45, 2.75) is 58.4 Å². The predicted molar refractivity (Wildman–Crippen MR) is 111 cm³/mol. The van der Waals surface area contributed by atoms with Crippen LogP contribution in [0.3, 0.4) is 0 Å². The average Bonchev–Trinajstić information content (AvgIpc) is 2.52. The summed E-state index contributed by atoms with van der Waals surface area (Å²) in [5.74, 6) is 3.52. The van der Waals surface area contributed by atoms with Gasteiger partial charge in [-0.1, -0.05) is 13.8 Å². The minimum Gasteiger partial charge on any atom is -0.356 e. The van der Waals surface area contributed by atoms with Gasteiger partial charge in [-0.15, -0.1) is 24.0 Å². The second-order valence-corrected chi connectivity index (χ2v) is 7.72. The molecule has 0 aromatic heterocycles. The first-order chi connectivity index (χ1) is 10.6. The summed E-state index contributed by atoms with van der Waals surface area (Å²) in [5, 5.41) is 7.19. The molecule has 0 aromatic rings. The molecule has 4 nitrogen and oxygen atoms in total. The van der Waals surface area contributed by atoms with Crippen LogP contribution in [0, 0.1) is 17.8 Å². The molecule has 0 spiro atoms. The smallest absolute Gasteiger partial charge is 0.191 e. The Kier molecular flexibility index (Phi) is 9.82. The van der Waals surface area contributed by atoms with Gasteiger partial charge in [-0.05, 0) is 69.9 Å². The first-order valence-electron chi connectivity index (χ1n) is 9.24. The summed E-state index contributed by atoms with van der Waals surface area (Å²) >= 11 is 0. The summed E-state index contributed by atoms with van der Waals surface area (Å²) in [5.41, 5.74) is 0. The van der Waals surface area contributed by atoms with Gasteiger partial charge in [-0.3, -0.25) is 4.99 Å². The maximum Gasteiger partial charge on any atom is 0.191 e. The molecule has 5 heteroatoms. The molecular formula is C18H37IN4. The number of hydrogen-bond acceptors (Lipinski definition) is 2. The summed E-state index contributed by atoms with van der Waals surface area (Å²) in [6.45, 7) is 8.23. The Labute approximate surface area is 160 Å². The zero-order valence-corrected chi connectivity index (χ0v) is 17.8. The van der Waals surface area contributed by atoms with Crippen molar-refractivity contribution in [2.75, 3.05) is 33.7 Å². The first-order valence-corrected chi connectivity index (χ1v) is 9.24. The highest BCUT2D eigenvalue weighted by Crippen LogP contribution is 2.29. The Bertz CT molecular complexity index is 351. The van der Waals surface area contributed by atoms with Crippen LogP contribution in [0.1, 0.15) is 52.4 Å². The maximum atomic E-state index is 4.42. The van der Waals surface area contributed by atoms with Crippen LogP contribution in [-0.2, 0) is 0 Å². The minimum atomic E-state index is 0. The molecule has 0 amide bonds. The molecule has 136 valence electrons. The van der Waals surface area contributed by atoms with E-state index in [0.717, 1.165) is 30.3 Å². The molecule has 1 atom stereocenters. The van der Waals surface area contributed by atoms with E-state index < -0.39 is 0 Å². The third kappa shape index (κ3) is 7.16. The van der Waals surface area contributed by atoms with Crippen molar-refractivity contribution in [3.8, 4) is 0 Å². The van der Waals surface area contributed by atoms with Crippen molar-refractivity contribution in [1.82, 2.24) is 15.5 Å². The lowest BCUT2D eigenvalue weighted by molar-refractivity contribution is 0.210. The van der Waals surface area contributed by atoms with E-state index in [1.54, 1.807) is 0 Å². The van der Waals surface area contributed by atoms with Gasteiger partial charge < -0.3 is 15.5 Å². The number of piperidine rings is 1. The van der Waals surface area contributed by atoms with Gasteiger partial charge in [0.15, 0.2) is 5.96 Å². The fourth-order valence-electron chi connectivity index (χ4n) is 4.00. The summed E-state index contributed by atoms with van der Waals surface area (Å²) in [6.07, 6.45) is 7.97. The number of rotatable bonds is 4. The van der Waals surface area contributed by atoms with E-state index in [-0.39, 0.29) is 24.0 Å². The molecular weight excluding hydrogens is 399 g/mol. The van der Waals surface area contributed by atoms with Crippen LogP contribution in [-0.4, -0.2) is 50.6 Å². The lowest BCUT2D eigenvalue weighted by atomic mass is 9.80. The summed E-state index contributed by atoms with van der Waals surface area (Å²) in [6, 6.07) is 0.607. The van der Waals surface area contributed by atoms with Crippen LogP contribution in [0.25, 0.3) is 0 Å². The van der Waals surface area contributed by atoms with Gasteiger partial charge in [0.2, 0.25) is 0 Å². The molecule has 1 heterocycles. The number of halogens is 1. The molecule has 0 radical (unpaired) electrons. The van der Waals surface area contributed by atoms with Crippen LogP contribution < -0.4 is 10.6 Å². The highest BCUT2D eigenvalue weighted by Gasteiger charge is 2.24. The van der Waals surface area contributed by atoms with Crippen LogP contribution >= 0.6 is 24.0 Å². The number of hydrogen-bond donors (Lipinski definition) is 2. The molecule has 23 heavy (non-hydrogen) atoms. The van der Waals surface area contributed by atoms with E-state index >= 15 is 0 Å². The average molecular weight is 436 g/mol. The predicted octanol–water partition coefficient (Wildman–Crippen LogP) is 3.33. The van der Waals surface area contributed by atoms with Crippen LogP contribution in [0.2, 0.25) is 0 Å². The maximum absolute atomic E-state index is 4.42. The van der Waals surface area contributed by atoms with Crippen molar-refractivity contribution in [3.05, 3.63) is 0 Å². The number of guanidine groups is 1. The zero-order chi connectivity index (χ0) is 15.9. The van der Waals surface area contributed by atoms with Gasteiger partial charge in [0.25, 0.3) is 0 Å². The third-order valence-corrected chi connectivity index (χ3v) is 5.56. The van der Waals surface area contributed by atoms with Gasteiger partial charge >= 0.3 is 0 Å². The Morgan fingerprint density at radius 3 is 2.43 bits per heavy atom. The molecule has 2 rings (SSSR count). The van der Waals surface area contributed by atoms with Gasteiger partial charge in [-0.2, -0.15) is 0 Å². The molecule has 2 N–H and O–H groups in total. The highest BCUT2D eigenvalue weighted by molar-refractivity contribution is 14.0. The Morgan fingerprint density at radius 1 is 1.17 bits per heavy atom. The lowest BCUT2D eigenvalue weighted by Crippen LogP contribution is -2.47. The van der Waals surface area contributed by atoms with E-state index in [1.807, 2.05) is 7.05 Å². The number of nitrogens with zero attached hydrogens (tertiary/aromatic N) is 2. The molecule has 0 aromatic carbocycles. The molecule has 1 aliphatic heterocycles. The van der Waals surface area contributed by atoms with Crippen molar-refractivity contribution in [2.24, 2.45) is 22.7 Å². The zero-order valence-electron chi connectivity index (χ0n) is 15.5. The fourth-order valence-corrected chi connectivity index (χ4v) is 4.00. The van der Waals surface area contributed by atoms with Gasteiger partial charge in [0.05, 0.1) is 0 Å². The van der Waals surface area contributed by atoms with E-state index in [0.29, 0.717) is 6.04 Å². The topological polar surface area (TPSA) is 39.7 Å². The molecule has 1 aliphatic carbocycles. The summed E-state index contributed by atoms with van der Waals surface area (Å²) in [4.78, 5) is 6.86. The number of likely N-dealkylation sites (tertiary alicyclic amines) is 1. The Balaban J connectivity index is 0.00000264. The molecule has 1 unspecified atom stereocenters. The second-order valence-electron chi connectivity index (χ2n) is 7.72. The van der Waals surface area contributed by atoms with E-state index in [2.05, 4.69) is 41.4 Å². The SMILES string of the molecule is CN=C(NCC1CCCN(C)C1)NC1CCC(C(C)C)CC1.I. The lowest BCUT2D eigenvalue weighted by Gasteiger charge is -2.33. The number of aliphatic imine (C=N–C) groups is 1. The van der Waals surface area contributed by atoms with Gasteiger partial charge in [-0.25, -0.2) is 0 Å². The molecule has 1 saturated carbocycles. The monoisotopic (exact) mass is 436 g/mol. The van der Waals surface area contributed by atoms with E-state index in [9.17, 15) is 0 Å². The van der Waals surface area contributed by atoms with E-state index in [4.69, 9.17) is 0 Å². The minimum absolute atomic E-state index is 0. The largest absolute Gasteiger partial charge is 0.356 e. The second kappa shape index (κ2) is 10.7. The van der Waals surface area contributed by atoms with Crippen molar-refractivity contribution < 1.29 is 0 Å². The van der Waals surface area contributed by atoms with E-state index in [1.165, 1.54) is 51.6 Å². The molecule has 2 aliphatic rings. The van der Waals surface area contributed by atoms with Gasteiger partial charge in [0.1, 0.15) is 0 Å².